The minimum Gasteiger partial charge on any atom is -0.336 e. The SMILES string of the molecule is O=C(c1ccccc1Br)N1CCN(Cc2noc(-c3cccc(Cl)c3)n2)CC1. The number of carbonyl (C=O) groups is 1. The van der Waals surface area contributed by atoms with Gasteiger partial charge < -0.3 is 9.42 Å². The molecule has 3 aromatic rings. The van der Waals surface area contributed by atoms with E-state index < -0.39 is 0 Å². The third kappa shape index (κ3) is 4.27. The summed E-state index contributed by atoms with van der Waals surface area (Å²) in [5.41, 5.74) is 1.50. The quantitative estimate of drug-likeness (QED) is 0.585. The van der Waals surface area contributed by atoms with Gasteiger partial charge in [-0.3, -0.25) is 9.69 Å². The molecule has 1 aliphatic rings. The summed E-state index contributed by atoms with van der Waals surface area (Å²) < 4.78 is 6.18. The van der Waals surface area contributed by atoms with Crippen LogP contribution in [0.2, 0.25) is 5.02 Å². The summed E-state index contributed by atoms with van der Waals surface area (Å²) >= 11 is 9.47. The van der Waals surface area contributed by atoms with Crippen LogP contribution >= 0.6 is 27.5 Å². The normalized spacial score (nSPS) is 15.0. The Hall–Kier alpha value is -2.22. The van der Waals surface area contributed by atoms with E-state index in [1.807, 2.05) is 41.3 Å². The molecule has 28 heavy (non-hydrogen) atoms. The fourth-order valence-electron chi connectivity index (χ4n) is 3.17. The zero-order chi connectivity index (χ0) is 19.5. The van der Waals surface area contributed by atoms with E-state index in [0.29, 0.717) is 41.9 Å². The Bertz CT molecular complexity index is 986. The average molecular weight is 462 g/mol. The molecule has 0 spiro atoms. The van der Waals surface area contributed by atoms with Gasteiger partial charge in [0.05, 0.1) is 12.1 Å². The van der Waals surface area contributed by atoms with Crippen LogP contribution in [0, 0.1) is 0 Å². The first-order chi connectivity index (χ1) is 13.6. The number of nitrogens with zero attached hydrogens (tertiary/aromatic N) is 4. The van der Waals surface area contributed by atoms with E-state index in [0.717, 1.165) is 23.1 Å². The average Bonchev–Trinajstić information content (AvgIpc) is 3.17. The number of rotatable bonds is 4. The van der Waals surface area contributed by atoms with Crippen LogP contribution in [0.25, 0.3) is 11.5 Å². The predicted molar refractivity (Wildman–Crippen MR) is 110 cm³/mol. The Morgan fingerprint density at radius 3 is 2.64 bits per heavy atom. The lowest BCUT2D eigenvalue weighted by Crippen LogP contribution is -2.48. The standard InChI is InChI=1S/C20H18BrClN4O2/c21-17-7-2-1-6-16(17)20(27)26-10-8-25(9-11-26)13-18-23-19(28-24-18)14-4-3-5-15(22)12-14/h1-7,12H,8-11,13H2. The molecule has 0 unspecified atom stereocenters. The maximum absolute atomic E-state index is 12.7. The van der Waals surface area contributed by atoms with E-state index in [9.17, 15) is 4.79 Å². The van der Waals surface area contributed by atoms with Gasteiger partial charge in [0.25, 0.3) is 11.8 Å². The maximum atomic E-state index is 12.7. The summed E-state index contributed by atoms with van der Waals surface area (Å²) in [6.45, 7) is 3.44. The smallest absolute Gasteiger partial charge is 0.258 e. The van der Waals surface area contributed by atoms with Crippen molar-refractivity contribution in [3.05, 3.63) is 69.4 Å². The second-order valence-corrected chi connectivity index (χ2v) is 7.87. The summed E-state index contributed by atoms with van der Waals surface area (Å²) in [6.07, 6.45) is 0. The van der Waals surface area contributed by atoms with Crippen LogP contribution in [0.4, 0.5) is 0 Å². The van der Waals surface area contributed by atoms with Gasteiger partial charge in [0.1, 0.15) is 0 Å². The van der Waals surface area contributed by atoms with Crippen molar-refractivity contribution in [2.75, 3.05) is 26.2 Å². The summed E-state index contributed by atoms with van der Waals surface area (Å²) in [7, 11) is 0. The Balaban J connectivity index is 1.35. The van der Waals surface area contributed by atoms with Gasteiger partial charge in [-0.2, -0.15) is 4.98 Å². The zero-order valence-electron chi connectivity index (χ0n) is 15.0. The molecule has 2 aromatic carbocycles. The molecular formula is C20H18BrClN4O2. The van der Waals surface area contributed by atoms with E-state index in [1.165, 1.54) is 0 Å². The Morgan fingerprint density at radius 1 is 1.11 bits per heavy atom. The zero-order valence-corrected chi connectivity index (χ0v) is 17.4. The molecule has 1 aliphatic heterocycles. The van der Waals surface area contributed by atoms with Crippen LogP contribution in [0.15, 0.2) is 57.5 Å². The second-order valence-electron chi connectivity index (χ2n) is 6.57. The molecule has 1 saturated heterocycles. The van der Waals surface area contributed by atoms with Gasteiger partial charge in [-0.1, -0.05) is 35.0 Å². The molecule has 0 bridgehead atoms. The summed E-state index contributed by atoms with van der Waals surface area (Å²) in [5.74, 6) is 1.13. The molecule has 1 aromatic heterocycles. The molecule has 4 rings (SSSR count). The van der Waals surface area contributed by atoms with Crippen molar-refractivity contribution in [3.63, 3.8) is 0 Å². The van der Waals surface area contributed by atoms with E-state index in [4.69, 9.17) is 16.1 Å². The first-order valence-corrected chi connectivity index (χ1v) is 10.1. The Kier molecular flexibility index (Phi) is 5.75. The van der Waals surface area contributed by atoms with Crippen LogP contribution in [0.5, 0.6) is 0 Å². The molecule has 0 saturated carbocycles. The molecule has 6 nitrogen and oxygen atoms in total. The number of piperazine rings is 1. The van der Waals surface area contributed by atoms with Crippen LogP contribution < -0.4 is 0 Å². The van der Waals surface area contributed by atoms with Crippen molar-refractivity contribution in [2.45, 2.75) is 6.54 Å². The monoisotopic (exact) mass is 460 g/mol. The van der Waals surface area contributed by atoms with E-state index in [1.54, 1.807) is 12.1 Å². The van der Waals surface area contributed by atoms with Crippen molar-refractivity contribution in [1.29, 1.82) is 0 Å². The highest BCUT2D eigenvalue weighted by Crippen LogP contribution is 2.22. The van der Waals surface area contributed by atoms with Crippen molar-refractivity contribution < 1.29 is 9.32 Å². The number of halogens is 2. The fourth-order valence-corrected chi connectivity index (χ4v) is 3.82. The molecule has 0 aliphatic carbocycles. The molecule has 0 N–H and O–H groups in total. The lowest BCUT2D eigenvalue weighted by Gasteiger charge is -2.34. The first kappa shape index (κ1) is 19.1. The molecular weight excluding hydrogens is 444 g/mol. The third-order valence-corrected chi connectivity index (χ3v) is 5.60. The Labute approximate surface area is 176 Å². The number of amides is 1. The third-order valence-electron chi connectivity index (χ3n) is 4.67. The molecule has 2 heterocycles. The number of hydrogen-bond acceptors (Lipinski definition) is 5. The molecule has 1 fully saturated rings. The topological polar surface area (TPSA) is 62.5 Å². The molecule has 0 radical (unpaired) electrons. The molecule has 144 valence electrons. The van der Waals surface area contributed by atoms with Crippen LogP contribution in [-0.2, 0) is 6.54 Å². The minimum absolute atomic E-state index is 0.0509. The van der Waals surface area contributed by atoms with Gasteiger partial charge in [0.15, 0.2) is 5.82 Å². The van der Waals surface area contributed by atoms with Crippen molar-refractivity contribution in [1.82, 2.24) is 19.9 Å². The van der Waals surface area contributed by atoms with Crippen LogP contribution in [0.1, 0.15) is 16.2 Å². The largest absolute Gasteiger partial charge is 0.336 e. The van der Waals surface area contributed by atoms with Crippen molar-refractivity contribution in [2.24, 2.45) is 0 Å². The summed E-state index contributed by atoms with van der Waals surface area (Å²) in [6, 6.07) is 14.8. The second kappa shape index (κ2) is 8.43. The number of aromatic nitrogens is 2. The van der Waals surface area contributed by atoms with Gasteiger partial charge in [-0.15, -0.1) is 0 Å². The van der Waals surface area contributed by atoms with Gasteiger partial charge in [-0.05, 0) is 46.3 Å². The summed E-state index contributed by atoms with van der Waals surface area (Å²) in [5, 5.41) is 4.70. The Morgan fingerprint density at radius 2 is 1.89 bits per heavy atom. The lowest BCUT2D eigenvalue weighted by molar-refractivity contribution is 0.0623. The van der Waals surface area contributed by atoms with E-state index in [2.05, 4.69) is 31.0 Å². The van der Waals surface area contributed by atoms with Gasteiger partial charge in [-0.25, -0.2) is 0 Å². The first-order valence-electron chi connectivity index (χ1n) is 8.95. The maximum Gasteiger partial charge on any atom is 0.258 e. The molecule has 0 atom stereocenters. The van der Waals surface area contributed by atoms with Gasteiger partial charge >= 0.3 is 0 Å². The number of hydrogen-bond donors (Lipinski definition) is 0. The minimum atomic E-state index is 0.0509. The highest BCUT2D eigenvalue weighted by Gasteiger charge is 2.24. The van der Waals surface area contributed by atoms with Crippen molar-refractivity contribution >= 4 is 33.4 Å². The van der Waals surface area contributed by atoms with Crippen molar-refractivity contribution in [3.8, 4) is 11.5 Å². The lowest BCUT2D eigenvalue weighted by atomic mass is 10.2. The molecule has 1 amide bonds. The van der Waals surface area contributed by atoms with Crippen LogP contribution in [-0.4, -0.2) is 52.0 Å². The van der Waals surface area contributed by atoms with Gasteiger partial charge in [0, 0.05) is 41.2 Å². The number of benzene rings is 2. The van der Waals surface area contributed by atoms with Gasteiger partial charge in [0.2, 0.25) is 0 Å². The van der Waals surface area contributed by atoms with E-state index in [-0.39, 0.29) is 5.91 Å². The highest BCUT2D eigenvalue weighted by atomic mass is 79.9. The number of carbonyl (C=O) groups excluding carboxylic acids is 1. The van der Waals surface area contributed by atoms with Crippen LogP contribution in [0.3, 0.4) is 0 Å². The highest BCUT2D eigenvalue weighted by molar-refractivity contribution is 9.10. The predicted octanol–water partition coefficient (Wildman–Crippen LogP) is 4.11. The molecule has 8 heteroatoms. The summed E-state index contributed by atoms with van der Waals surface area (Å²) in [4.78, 5) is 21.3. The van der Waals surface area contributed by atoms with E-state index >= 15 is 0 Å². The fraction of sp³-hybridized carbons (Fsp3) is 0.250.